The minimum absolute atomic E-state index is 0.427. The van der Waals surface area contributed by atoms with Crippen LogP contribution in [0.5, 0.6) is 0 Å². The Morgan fingerprint density at radius 1 is 1.32 bits per heavy atom. The van der Waals surface area contributed by atoms with Gasteiger partial charge in [0, 0.05) is 18.8 Å². The molecular formula is C10H16N8S. The van der Waals surface area contributed by atoms with E-state index in [1.807, 2.05) is 0 Å². The first-order valence-corrected chi connectivity index (χ1v) is 7.07. The summed E-state index contributed by atoms with van der Waals surface area (Å²) in [6, 6.07) is 0. The molecule has 102 valence electrons. The Morgan fingerprint density at radius 2 is 2.11 bits per heavy atom. The summed E-state index contributed by atoms with van der Waals surface area (Å²) < 4.78 is 1.49. The summed E-state index contributed by atoms with van der Waals surface area (Å²) in [6.45, 7) is 2.92. The third-order valence-corrected chi connectivity index (χ3v) is 3.39. The van der Waals surface area contributed by atoms with E-state index >= 15 is 0 Å². The van der Waals surface area contributed by atoms with E-state index in [4.69, 9.17) is 0 Å². The van der Waals surface area contributed by atoms with Crippen LogP contribution in [-0.2, 0) is 0 Å². The molecular weight excluding hydrogens is 264 g/mol. The van der Waals surface area contributed by atoms with Gasteiger partial charge in [-0.15, -0.1) is 0 Å². The van der Waals surface area contributed by atoms with E-state index in [0.29, 0.717) is 23.1 Å². The topological polar surface area (TPSA) is 93.4 Å². The van der Waals surface area contributed by atoms with Crippen molar-refractivity contribution in [3.63, 3.8) is 0 Å². The third-order valence-electron chi connectivity index (χ3n) is 2.42. The van der Waals surface area contributed by atoms with Crippen LogP contribution in [0.4, 0.5) is 11.9 Å². The van der Waals surface area contributed by atoms with Gasteiger partial charge < -0.3 is 10.6 Å². The molecule has 0 aliphatic heterocycles. The molecule has 0 saturated heterocycles. The zero-order valence-electron chi connectivity index (χ0n) is 11.0. The van der Waals surface area contributed by atoms with Gasteiger partial charge in [-0.05, 0) is 6.26 Å². The quantitative estimate of drug-likeness (QED) is 0.797. The normalized spacial score (nSPS) is 12.2. The van der Waals surface area contributed by atoms with Crippen LogP contribution < -0.4 is 10.6 Å². The average molecular weight is 280 g/mol. The molecule has 9 heteroatoms. The van der Waals surface area contributed by atoms with Crippen LogP contribution in [0.1, 0.15) is 6.92 Å². The second-order valence-electron chi connectivity index (χ2n) is 3.80. The molecule has 0 amide bonds. The van der Waals surface area contributed by atoms with Crippen molar-refractivity contribution in [2.45, 2.75) is 12.2 Å². The summed E-state index contributed by atoms with van der Waals surface area (Å²) in [5.74, 6) is 1.43. The van der Waals surface area contributed by atoms with Gasteiger partial charge in [0.2, 0.25) is 11.9 Å². The highest BCUT2D eigenvalue weighted by Crippen LogP contribution is 2.10. The first-order chi connectivity index (χ1) is 9.22. The van der Waals surface area contributed by atoms with E-state index < -0.39 is 0 Å². The van der Waals surface area contributed by atoms with E-state index in [9.17, 15) is 0 Å². The molecule has 1 unspecified atom stereocenters. The predicted octanol–water partition coefficient (Wildman–Crippen LogP) is 0.657. The Balaban J connectivity index is 2.21. The summed E-state index contributed by atoms with van der Waals surface area (Å²) in [5, 5.41) is 10.6. The fourth-order valence-corrected chi connectivity index (χ4v) is 1.54. The van der Waals surface area contributed by atoms with Crippen molar-refractivity contribution in [2.24, 2.45) is 0 Å². The van der Waals surface area contributed by atoms with E-state index in [0.717, 1.165) is 6.54 Å². The van der Waals surface area contributed by atoms with Gasteiger partial charge in [0.05, 0.1) is 0 Å². The molecule has 0 aliphatic carbocycles. The van der Waals surface area contributed by atoms with Crippen molar-refractivity contribution in [1.29, 1.82) is 0 Å². The molecule has 2 aromatic rings. The lowest BCUT2D eigenvalue weighted by Crippen LogP contribution is -2.17. The molecule has 0 spiro atoms. The molecule has 2 aromatic heterocycles. The number of hydrogen-bond acceptors (Lipinski definition) is 8. The van der Waals surface area contributed by atoms with Crippen molar-refractivity contribution in [2.75, 3.05) is 30.5 Å². The highest BCUT2D eigenvalue weighted by atomic mass is 32.2. The Kier molecular flexibility index (Phi) is 4.50. The molecule has 1 atom stereocenters. The molecule has 2 rings (SSSR count). The zero-order valence-corrected chi connectivity index (χ0v) is 11.8. The van der Waals surface area contributed by atoms with Crippen LogP contribution in [0.3, 0.4) is 0 Å². The summed E-state index contributed by atoms with van der Waals surface area (Å²) in [4.78, 5) is 16.7. The van der Waals surface area contributed by atoms with Gasteiger partial charge >= 0.3 is 0 Å². The fraction of sp³-hybridized carbons (Fsp3) is 0.500. The largest absolute Gasteiger partial charge is 0.357 e. The van der Waals surface area contributed by atoms with Crippen LogP contribution in [-0.4, -0.2) is 54.8 Å². The van der Waals surface area contributed by atoms with Gasteiger partial charge in [0.1, 0.15) is 12.7 Å². The highest BCUT2D eigenvalue weighted by molar-refractivity contribution is 7.99. The van der Waals surface area contributed by atoms with Crippen LogP contribution >= 0.6 is 11.8 Å². The van der Waals surface area contributed by atoms with Crippen LogP contribution in [0, 0.1) is 0 Å². The molecule has 0 aliphatic rings. The Hall–Kier alpha value is -1.90. The number of anilines is 2. The highest BCUT2D eigenvalue weighted by Gasteiger charge is 2.08. The zero-order chi connectivity index (χ0) is 13.7. The second kappa shape index (κ2) is 6.32. The third kappa shape index (κ3) is 3.53. The Labute approximate surface area is 115 Å². The predicted molar refractivity (Wildman–Crippen MR) is 75.8 cm³/mol. The SMILES string of the molecule is CNc1nc(NCC(C)SC)nc(-n2cncn2)n1. The summed E-state index contributed by atoms with van der Waals surface area (Å²) in [6.07, 6.45) is 5.05. The van der Waals surface area contributed by atoms with Gasteiger partial charge in [-0.2, -0.15) is 36.5 Å². The Morgan fingerprint density at radius 3 is 2.74 bits per heavy atom. The van der Waals surface area contributed by atoms with Crippen LogP contribution in [0.2, 0.25) is 0 Å². The number of thioether (sulfide) groups is 1. The molecule has 0 radical (unpaired) electrons. The van der Waals surface area contributed by atoms with Gasteiger partial charge in [0.25, 0.3) is 5.95 Å². The smallest absolute Gasteiger partial charge is 0.258 e. The molecule has 0 aromatic carbocycles. The average Bonchev–Trinajstić information content (AvgIpc) is 2.98. The molecule has 2 N–H and O–H groups in total. The van der Waals surface area contributed by atoms with E-state index in [-0.39, 0.29) is 0 Å². The van der Waals surface area contributed by atoms with E-state index in [1.165, 1.54) is 11.0 Å². The van der Waals surface area contributed by atoms with E-state index in [1.54, 1.807) is 25.1 Å². The van der Waals surface area contributed by atoms with E-state index in [2.05, 4.69) is 48.8 Å². The van der Waals surface area contributed by atoms with Gasteiger partial charge in [-0.1, -0.05) is 6.92 Å². The lowest BCUT2D eigenvalue weighted by Gasteiger charge is -2.11. The minimum atomic E-state index is 0.427. The molecule has 8 nitrogen and oxygen atoms in total. The minimum Gasteiger partial charge on any atom is -0.357 e. The maximum absolute atomic E-state index is 4.31. The van der Waals surface area contributed by atoms with Gasteiger partial charge in [0.15, 0.2) is 0 Å². The Bertz CT molecular complexity index is 514. The van der Waals surface area contributed by atoms with Gasteiger partial charge in [-0.25, -0.2) is 4.98 Å². The number of hydrogen-bond donors (Lipinski definition) is 2. The number of nitrogens with zero attached hydrogens (tertiary/aromatic N) is 6. The van der Waals surface area contributed by atoms with Crippen molar-refractivity contribution in [3.05, 3.63) is 12.7 Å². The number of aromatic nitrogens is 6. The lowest BCUT2D eigenvalue weighted by molar-refractivity contribution is 0.794. The summed E-state index contributed by atoms with van der Waals surface area (Å²) in [7, 11) is 1.76. The standard InChI is InChI=1S/C10H16N8S/c1-7(19-3)4-13-9-15-8(11-2)16-10(17-9)18-6-12-5-14-18/h5-7H,4H2,1-3H3,(H2,11,13,15,16,17). The molecule has 2 heterocycles. The first-order valence-electron chi connectivity index (χ1n) is 5.78. The second-order valence-corrected chi connectivity index (χ2v) is 5.08. The molecule has 0 saturated carbocycles. The van der Waals surface area contributed by atoms with Gasteiger partial charge in [-0.3, -0.25) is 0 Å². The fourth-order valence-electron chi connectivity index (χ4n) is 1.29. The molecule has 0 bridgehead atoms. The summed E-state index contributed by atoms with van der Waals surface area (Å²) >= 11 is 1.78. The first kappa shape index (κ1) is 13.5. The van der Waals surface area contributed by atoms with Crippen LogP contribution in [0.15, 0.2) is 12.7 Å². The maximum atomic E-state index is 4.31. The monoisotopic (exact) mass is 280 g/mol. The molecule has 0 fully saturated rings. The number of nitrogens with one attached hydrogen (secondary N) is 2. The van der Waals surface area contributed by atoms with Crippen molar-refractivity contribution < 1.29 is 0 Å². The van der Waals surface area contributed by atoms with Crippen molar-refractivity contribution in [3.8, 4) is 5.95 Å². The van der Waals surface area contributed by atoms with Crippen molar-refractivity contribution >= 4 is 23.7 Å². The lowest BCUT2D eigenvalue weighted by atomic mass is 10.5. The summed E-state index contributed by atoms with van der Waals surface area (Å²) in [5.41, 5.74) is 0. The number of rotatable bonds is 6. The maximum Gasteiger partial charge on any atom is 0.258 e. The van der Waals surface area contributed by atoms with Crippen LogP contribution in [0.25, 0.3) is 5.95 Å². The molecule has 19 heavy (non-hydrogen) atoms. The van der Waals surface area contributed by atoms with Crippen molar-refractivity contribution in [1.82, 2.24) is 29.7 Å².